The van der Waals surface area contributed by atoms with Crippen molar-refractivity contribution in [3.05, 3.63) is 23.8 Å². The highest BCUT2D eigenvalue weighted by Crippen LogP contribution is 2.18. The summed E-state index contributed by atoms with van der Waals surface area (Å²) in [5.74, 6) is 0.419. The lowest BCUT2D eigenvalue weighted by molar-refractivity contribution is -0.134. The molecular formula is C11H13NO4. The van der Waals surface area contributed by atoms with Crippen LogP contribution in [0.2, 0.25) is 0 Å². The Bertz CT molecular complexity index is 379. The molecule has 0 bridgehead atoms. The van der Waals surface area contributed by atoms with Crippen LogP contribution in [0.1, 0.15) is 5.56 Å². The van der Waals surface area contributed by atoms with Crippen molar-refractivity contribution in [1.29, 1.82) is 0 Å². The van der Waals surface area contributed by atoms with Crippen LogP contribution in [0.5, 0.6) is 11.8 Å². The van der Waals surface area contributed by atoms with Crippen LogP contribution in [0, 0.1) is 0 Å². The maximum atomic E-state index is 10.9. The molecule has 0 saturated carbocycles. The van der Waals surface area contributed by atoms with Gasteiger partial charge >= 0.3 is 5.97 Å². The summed E-state index contributed by atoms with van der Waals surface area (Å²) in [4.78, 5) is 14.9. The van der Waals surface area contributed by atoms with Crippen LogP contribution in [0.4, 0.5) is 0 Å². The quantitative estimate of drug-likeness (QED) is 0.568. The summed E-state index contributed by atoms with van der Waals surface area (Å²) in [7, 11) is 4.34. The van der Waals surface area contributed by atoms with E-state index in [1.165, 1.54) is 27.4 Å². The minimum absolute atomic E-state index is 0.420. The highest BCUT2D eigenvalue weighted by atomic mass is 16.5. The number of pyridine rings is 1. The van der Waals surface area contributed by atoms with Gasteiger partial charge in [0.1, 0.15) is 0 Å². The maximum Gasteiger partial charge on any atom is 0.330 e. The number of rotatable bonds is 4. The van der Waals surface area contributed by atoms with Gasteiger partial charge in [-0.1, -0.05) is 0 Å². The molecule has 0 saturated heterocycles. The molecule has 0 aliphatic heterocycles. The minimum Gasteiger partial charge on any atom is -0.481 e. The van der Waals surface area contributed by atoms with Crippen molar-refractivity contribution in [3.63, 3.8) is 0 Å². The van der Waals surface area contributed by atoms with Crippen LogP contribution < -0.4 is 9.47 Å². The molecule has 86 valence electrons. The first-order valence-corrected chi connectivity index (χ1v) is 4.55. The van der Waals surface area contributed by atoms with Gasteiger partial charge < -0.3 is 14.2 Å². The standard InChI is InChI=1S/C11H13NO4/c1-14-9-6-8(4-5-11(13)16-3)7-10(12-9)15-2/h4-7H,1-3H3/b5-4+. The maximum absolute atomic E-state index is 10.9. The number of nitrogens with zero attached hydrogens (tertiary/aromatic N) is 1. The van der Waals surface area contributed by atoms with Crippen LogP contribution in [0.25, 0.3) is 6.08 Å². The number of hydrogen-bond acceptors (Lipinski definition) is 5. The van der Waals surface area contributed by atoms with Crippen molar-refractivity contribution in [3.8, 4) is 11.8 Å². The van der Waals surface area contributed by atoms with Crippen molar-refractivity contribution >= 4 is 12.0 Å². The average molecular weight is 223 g/mol. The zero-order chi connectivity index (χ0) is 12.0. The lowest BCUT2D eigenvalue weighted by atomic mass is 10.2. The van der Waals surface area contributed by atoms with E-state index < -0.39 is 5.97 Å². The van der Waals surface area contributed by atoms with E-state index in [9.17, 15) is 4.79 Å². The van der Waals surface area contributed by atoms with Gasteiger partial charge in [0.2, 0.25) is 11.8 Å². The zero-order valence-corrected chi connectivity index (χ0v) is 9.39. The molecule has 0 N–H and O–H groups in total. The Balaban J connectivity index is 2.95. The average Bonchev–Trinajstić information content (AvgIpc) is 2.35. The fraction of sp³-hybridized carbons (Fsp3) is 0.273. The smallest absolute Gasteiger partial charge is 0.330 e. The predicted octanol–water partition coefficient (Wildman–Crippen LogP) is 1.28. The monoisotopic (exact) mass is 223 g/mol. The van der Waals surface area contributed by atoms with E-state index in [0.29, 0.717) is 11.8 Å². The second kappa shape index (κ2) is 5.75. The fourth-order valence-corrected chi connectivity index (χ4v) is 1.04. The number of carbonyl (C=O) groups is 1. The Hall–Kier alpha value is -2.04. The Morgan fingerprint density at radius 2 is 1.75 bits per heavy atom. The number of esters is 1. The molecule has 16 heavy (non-hydrogen) atoms. The van der Waals surface area contributed by atoms with Gasteiger partial charge in [-0.25, -0.2) is 4.79 Å². The molecule has 1 rings (SSSR count). The summed E-state index contributed by atoms with van der Waals surface area (Å²) in [5.41, 5.74) is 0.745. The number of ether oxygens (including phenoxy) is 3. The molecule has 0 spiro atoms. The molecule has 0 unspecified atom stereocenters. The Morgan fingerprint density at radius 3 is 2.19 bits per heavy atom. The zero-order valence-electron chi connectivity index (χ0n) is 9.39. The van der Waals surface area contributed by atoms with Gasteiger partial charge in [0.05, 0.1) is 21.3 Å². The molecule has 1 aromatic rings. The van der Waals surface area contributed by atoms with E-state index in [1.807, 2.05) is 0 Å². The molecular weight excluding hydrogens is 210 g/mol. The number of methoxy groups -OCH3 is 3. The number of hydrogen-bond donors (Lipinski definition) is 0. The van der Waals surface area contributed by atoms with Gasteiger partial charge in [-0.05, 0) is 11.6 Å². The molecule has 0 atom stereocenters. The van der Waals surface area contributed by atoms with Gasteiger partial charge in [0, 0.05) is 18.2 Å². The van der Waals surface area contributed by atoms with Crippen LogP contribution in [0.3, 0.4) is 0 Å². The van der Waals surface area contributed by atoms with E-state index in [-0.39, 0.29) is 0 Å². The summed E-state index contributed by atoms with van der Waals surface area (Å²) in [6.45, 7) is 0. The Labute approximate surface area is 93.7 Å². The first-order chi connectivity index (χ1) is 7.69. The first-order valence-electron chi connectivity index (χ1n) is 4.55. The Kier molecular flexibility index (Phi) is 4.32. The minimum atomic E-state index is -0.422. The van der Waals surface area contributed by atoms with Crippen molar-refractivity contribution in [2.24, 2.45) is 0 Å². The van der Waals surface area contributed by atoms with Crippen molar-refractivity contribution in [1.82, 2.24) is 4.98 Å². The van der Waals surface area contributed by atoms with E-state index in [2.05, 4.69) is 9.72 Å². The summed E-state index contributed by atoms with van der Waals surface area (Å²) in [6.07, 6.45) is 2.91. The largest absolute Gasteiger partial charge is 0.481 e. The summed E-state index contributed by atoms with van der Waals surface area (Å²) >= 11 is 0. The summed E-state index contributed by atoms with van der Waals surface area (Å²) < 4.78 is 14.5. The van der Waals surface area contributed by atoms with E-state index >= 15 is 0 Å². The highest BCUT2D eigenvalue weighted by molar-refractivity contribution is 5.87. The molecule has 0 aliphatic rings. The SMILES string of the molecule is COC(=O)/C=C/c1cc(OC)nc(OC)c1. The topological polar surface area (TPSA) is 57.7 Å². The predicted molar refractivity (Wildman–Crippen MR) is 58.4 cm³/mol. The van der Waals surface area contributed by atoms with Gasteiger partial charge in [-0.3, -0.25) is 0 Å². The summed E-state index contributed by atoms with van der Waals surface area (Å²) in [6, 6.07) is 3.36. The molecule has 5 heteroatoms. The first kappa shape index (κ1) is 12.0. The van der Waals surface area contributed by atoms with Crippen LogP contribution >= 0.6 is 0 Å². The second-order valence-electron chi connectivity index (χ2n) is 2.84. The Morgan fingerprint density at radius 1 is 1.19 bits per heavy atom. The summed E-state index contributed by atoms with van der Waals surface area (Å²) in [5, 5.41) is 0. The highest BCUT2D eigenvalue weighted by Gasteiger charge is 2.01. The van der Waals surface area contributed by atoms with Gasteiger partial charge in [-0.2, -0.15) is 4.98 Å². The van der Waals surface area contributed by atoms with Crippen molar-refractivity contribution in [2.45, 2.75) is 0 Å². The van der Waals surface area contributed by atoms with E-state index in [1.54, 1.807) is 18.2 Å². The van der Waals surface area contributed by atoms with Gasteiger partial charge in [-0.15, -0.1) is 0 Å². The van der Waals surface area contributed by atoms with E-state index in [4.69, 9.17) is 9.47 Å². The fourth-order valence-electron chi connectivity index (χ4n) is 1.04. The lowest BCUT2D eigenvalue weighted by Crippen LogP contribution is -1.95. The third-order valence-corrected chi connectivity index (χ3v) is 1.83. The molecule has 1 aromatic heterocycles. The second-order valence-corrected chi connectivity index (χ2v) is 2.84. The van der Waals surface area contributed by atoms with Crippen molar-refractivity contribution in [2.75, 3.05) is 21.3 Å². The molecule has 0 aliphatic carbocycles. The van der Waals surface area contributed by atoms with Crippen LogP contribution in [-0.4, -0.2) is 32.3 Å². The van der Waals surface area contributed by atoms with Crippen molar-refractivity contribution < 1.29 is 19.0 Å². The lowest BCUT2D eigenvalue weighted by Gasteiger charge is -2.04. The molecule has 0 aromatic carbocycles. The molecule has 0 radical (unpaired) electrons. The van der Waals surface area contributed by atoms with Crippen LogP contribution in [0.15, 0.2) is 18.2 Å². The number of carbonyl (C=O) groups excluding carboxylic acids is 1. The van der Waals surface area contributed by atoms with E-state index in [0.717, 1.165) is 5.56 Å². The molecule has 5 nitrogen and oxygen atoms in total. The van der Waals surface area contributed by atoms with Gasteiger partial charge in [0.25, 0.3) is 0 Å². The third-order valence-electron chi connectivity index (χ3n) is 1.83. The number of aromatic nitrogens is 1. The van der Waals surface area contributed by atoms with Crippen LogP contribution in [-0.2, 0) is 9.53 Å². The third kappa shape index (κ3) is 3.27. The molecule has 0 amide bonds. The molecule has 0 fully saturated rings. The normalized spacial score (nSPS) is 10.2. The van der Waals surface area contributed by atoms with Gasteiger partial charge in [0.15, 0.2) is 0 Å². The molecule has 1 heterocycles.